The number of rotatable bonds is 5. The molecule has 4 rings (SSSR count). The van der Waals surface area contributed by atoms with Crippen LogP contribution in [0.1, 0.15) is 30.2 Å². The number of sulfonamides is 1. The third-order valence-electron chi connectivity index (χ3n) is 4.70. The highest BCUT2D eigenvalue weighted by Gasteiger charge is 2.32. The van der Waals surface area contributed by atoms with Gasteiger partial charge in [-0.1, -0.05) is 35.5 Å². The van der Waals surface area contributed by atoms with E-state index in [0.717, 1.165) is 24.0 Å². The maximum atomic E-state index is 12.8. The molecule has 0 bridgehead atoms. The third-order valence-corrected chi connectivity index (χ3v) is 6.52. The Labute approximate surface area is 158 Å². The molecule has 0 N–H and O–H groups in total. The van der Waals surface area contributed by atoms with Crippen LogP contribution >= 0.6 is 0 Å². The highest BCUT2D eigenvalue weighted by atomic mass is 32.2. The summed E-state index contributed by atoms with van der Waals surface area (Å²) < 4.78 is 32.6. The van der Waals surface area contributed by atoms with Gasteiger partial charge in [0.2, 0.25) is 21.7 Å². The summed E-state index contributed by atoms with van der Waals surface area (Å²) in [7, 11) is -3.39. The highest BCUT2D eigenvalue weighted by molar-refractivity contribution is 7.88. The van der Waals surface area contributed by atoms with Crippen LogP contribution in [-0.2, 0) is 15.8 Å². The molecular formula is C19H20N4O3S. The fourth-order valence-electron chi connectivity index (χ4n) is 3.29. The first-order chi connectivity index (χ1) is 13.1. The van der Waals surface area contributed by atoms with E-state index in [1.165, 1.54) is 0 Å². The second-order valence-electron chi connectivity index (χ2n) is 6.63. The summed E-state index contributed by atoms with van der Waals surface area (Å²) in [5, 5.41) is 4.03. The Morgan fingerprint density at radius 3 is 2.67 bits per heavy atom. The Hall–Kier alpha value is -2.58. The molecule has 0 spiro atoms. The van der Waals surface area contributed by atoms with Crippen LogP contribution in [0, 0.1) is 0 Å². The van der Waals surface area contributed by atoms with E-state index in [2.05, 4.69) is 15.1 Å². The number of hydrogen-bond donors (Lipinski definition) is 0. The lowest BCUT2D eigenvalue weighted by Gasteiger charge is -2.30. The number of nitrogens with zero attached hydrogens (tertiary/aromatic N) is 4. The van der Waals surface area contributed by atoms with Crippen molar-refractivity contribution in [1.82, 2.24) is 19.4 Å². The van der Waals surface area contributed by atoms with Gasteiger partial charge in [0.05, 0.1) is 11.7 Å². The maximum absolute atomic E-state index is 12.8. The second-order valence-corrected chi connectivity index (χ2v) is 8.60. The summed E-state index contributed by atoms with van der Waals surface area (Å²) in [6, 6.07) is 12.9. The van der Waals surface area contributed by atoms with E-state index in [9.17, 15) is 8.42 Å². The zero-order chi connectivity index (χ0) is 18.7. The van der Waals surface area contributed by atoms with E-state index in [1.54, 1.807) is 16.7 Å². The molecule has 27 heavy (non-hydrogen) atoms. The molecule has 1 fully saturated rings. The van der Waals surface area contributed by atoms with Crippen LogP contribution in [0.3, 0.4) is 0 Å². The van der Waals surface area contributed by atoms with Crippen LogP contribution in [0.5, 0.6) is 0 Å². The van der Waals surface area contributed by atoms with Crippen molar-refractivity contribution in [2.45, 2.75) is 24.5 Å². The molecule has 0 radical (unpaired) electrons. The SMILES string of the molecule is O=S(=O)(Cc1ccccc1)N1CCCC(c2nc(-c3ccncc3)no2)C1. The van der Waals surface area contributed by atoms with Gasteiger partial charge in [-0.15, -0.1) is 0 Å². The molecule has 1 aliphatic heterocycles. The lowest BCUT2D eigenvalue weighted by atomic mass is 10.00. The fraction of sp³-hybridized carbons (Fsp3) is 0.316. The number of hydrogen-bond acceptors (Lipinski definition) is 6. The minimum absolute atomic E-state index is 0.00661. The Kier molecular flexibility index (Phi) is 5.00. The first kappa shape index (κ1) is 17.8. The lowest BCUT2D eigenvalue weighted by Crippen LogP contribution is -2.39. The predicted octanol–water partition coefficient (Wildman–Crippen LogP) is 2.84. The summed E-state index contributed by atoms with van der Waals surface area (Å²) >= 11 is 0. The van der Waals surface area contributed by atoms with Gasteiger partial charge in [-0.05, 0) is 30.5 Å². The topological polar surface area (TPSA) is 89.2 Å². The highest BCUT2D eigenvalue weighted by Crippen LogP contribution is 2.29. The molecule has 3 heterocycles. The van der Waals surface area contributed by atoms with Gasteiger partial charge in [0.15, 0.2) is 0 Å². The van der Waals surface area contributed by atoms with Crippen molar-refractivity contribution in [2.75, 3.05) is 13.1 Å². The van der Waals surface area contributed by atoms with Gasteiger partial charge >= 0.3 is 0 Å². The molecule has 3 aromatic rings. The quantitative estimate of drug-likeness (QED) is 0.672. The number of benzene rings is 1. The van der Waals surface area contributed by atoms with Crippen LogP contribution in [0.25, 0.3) is 11.4 Å². The van der Waals surface area contributed by atoms with Crippen molar-refractivity contribution in [3.63, 3.8) is 0 Å². The van der Waals surface area contributed by atoms with Crippen LogP contribution < -0.4 is 0 Å². The maximum Gasteiger partial charge on any atom is 0.231 e. The van der Waals surface area contributed by atoms with Crippen molar-refractivity contribution < 1.29 is 12.9 Å². The largest absolute Gasteiger partial charge is 0.339 e. The molecular weight excluding hydrogens is 364 g/mol. The average Bonchev–Trinajstić information content (AvgIpc) is 3.20. The molecule has 1 saturated heterocycles. The first-order valence-electron chi connectivity index (χ1n) is 8.87. The Balaban J connectivity index is 1.49. The predicted molar refractivity (Wildman–Crippen MR) is 100 cm³/mol. The fourth-order valence-corrected chi connectivity index (χ4v) is 4.90. The van der Waals surface area contributed by atoms with Gasteiger partial charge in [0, 0.05) is 31.0 Å². The Morgan fingerprint density at radius 2 is 1.89 bits per heavy atom. The average molecular weight is 384 g/mol. The third kappa shape index (κ3) is 4.06. The van der Waals surface area contributed by atoms with E-state index in [1.807, 2.05) is 42.5 Å². The number of piperidine rings is 1. The molecule has 7 nitrogen and oxygen atoms in total. The zero-order valence-corrected chi connectivity index (χ0v) is 15.5. The zero-order valence-electron chi connectivity index (χ0n) is 14.7. The molecule has 1 atom stereocenters. The first-order valence-corrected chi connectivity index (χ1v) is 10.5. The molecule has 1 unspecified atom stereocenters. The van der Waals surface area contributed by atoms with E-state index < -0.39 is 10.0 Å². The van der Waals surface area contributed by atoms with Crippen molar-refractivity contribution in [2.24, 2.45) is 0 Å². The smallest absolute Gasteiger partial charge is 0.231 e. The lowest BCUT2D eigenvalue weighted by molar-refractivity contribution is 0.265. The van der Waals surface area contributed by atoms with Crippen molar-refractivity contribution >= 4 is 10.0 Å². The van der Waals surface area contributed by atoms with E-state index in [-0.39, 0.29) is 11.7 Å². The number of pyridine rings is 1. The van der Waals surface area contributed by atoms with Gasteiger partial charge in [-0.2, -0.15) is 4.98 Å². The van der Waals surface area contributed by atoms with Crippen molar-refractivity contribution in [3.8, 4) is 11.4 Å². The second kappa shape index (κ2) is 7.58. The molecule has 8 heteroatoms. The summed E-state index contributed by atoms with van der Waals surface area (Å²) in [6.07, 6.45) is 4.94. The Morgan fingerprint density at radius 1 is 1.11 bits per heavy atom. The molecule has 1 aliphatic rings. The molecule has 140 valence electrons. The van der Waals surface area contributed by atoms with Crippen molar-refractivity contribution in [1.29, 1.82) is 0 Å². The van der Waals surface area contributed by atoms with Crippen LogP contribution in [0.2, 0.25) is 0 Å². The molecule has 2 aromatic heterocycles. The molecule has 1 aromatic carbocycles. The Bertz CT molecular complexity index is 990. The van der Waals surface area contributed by atoms with Crippen LogP contribution in [0.4, 0.5) is 0 Å². The molecule has 0 amide bonds. The van der Waals surface area contributed by atoms with Gasteiger partial charge in [0.1, 0.15) is 0 Å². The van der Waals surface area contributed by atoms with Gasteiger partial charge < -0.3 is 4.52 Å². The van der Waals surface area contributed by atoms with Crippen LogP contribution in [0.15, 0.2) is 59.4 Å². The minimum Gasteiger partial charge on any atom is -0.339 e. The standard InChI is InChI=1S/C19H20N4O3S/c24-27(25,14-15-5-2-1-3-6-15)23-12-4-7-17(13-23)19-21-18(22-26-19)16-8-10-20-11-9-16/h1-3,5-6,8-11,17H,4,7,12-14H2. The summed E-state index contributed by atoms with van der Waals surface area (Å²) in [4.78, 5) is 8.46. The van der Waals surface area contributed by atoms with Gasteiger partial charge in [-0.25, -0.2) is 12.7 Å². The van der Waals surface area contributed by atoms with Crippen molar-refractivity contribution in [3.05, 3.63) is 66.3 Å². The summed E-state index contributed by atoms with van der Waals surface area (Å²) in [6.45, 7) is 0.893. The van der Waals surface area contributed by atoms with Gasteiger partial charge in [0.25, 0.3) is 0 Å². The van der Waals surface area contributed by atoms with E-state index in [0.29, 0.717) is 24.8 Å². The van der Waals surface area contributed by atoms with Gasteiger partial charge in [-0.3, -0.25) is 4.98 Å². The van der Waals surface area contributed by atoms with E-state index >= 15 is 0 Å². The monoisotopic (exact) mass is 384 g/mol. The number of aromatic nitrogens is 3. The molecule has 0 aliphatic carbocycles. The van der Waals surface area contributed by atoms with Crippen LogP contribution in [-0.4, -0.2) is 40.9 Å². The molecule has 0 saturated carbocycles. The summed E-state index contributed by atoms with van der Waals surface area (Å²) in [5.74, 6) is 0.901. The minimum atomic E-state index is -3.39. The summed E-state index contributed by atoms with van der Waals surface area (Å²) in [5.41, 5.74) is 1.61. The normalized spacial score (nSPS) is 18.4. The van der Waals surface area contributed by atoms with E-state index in [4.69, 9.17) is 4.52 Å².